The Hall–Kier alpha value is -0.830. The third-order valence-electron chi connectivity index (χ3n) is 1.91. The van der Waals surface area contributed by atoms with Crippen LogP contribution in [0.2, 0.25) is 0 Å². The lowest BCUT2D eigenvalue weighted by Crippen LogP contribution is -2.25. The van der Waals surface area contributed by atoms with Crippen molar-refractivity contribution in [2.45, 2.75) is 20.8 Å². The molecule has 0 unspecified atom stereocenters. The van der Waals surface area contributed by atoms with Crippen molar-refractivity contribution in [3.8, 4) is 0 Å². The summed E-state index contributed by atoms with van der Waals surface area (Å²) in [6.45, 7) is 6.93. The van der Waals surface area contributed by atoms with Crippen LogP contribution in [-0.4, -0.2) is 22.6 Å². The zero-order valence-electron chi connectivity index (χ0n) is 8.84. The maximum atomic E-state index is 5.81. The summed E-state index contributed by atoms with van der Waals surface area (Å²) in [6, 6.07) is 3.86. The lowest BCUT2D eigenvalue weighted by atomic mass is 9.97. The quantitative estimate of drug-likeness (QED) is 0.781. The van der Waals surface area contributed by atoms with E-state index in [-0.39, 0.29) is 5.41 Å². The Balaban J connectivity index is 2.50. The Morgan fingerprint density at radius 2 is 2.07 bits per heavy atom. The molecule has 0 aliphatic carbocycles. The van der Waals surface area contributed by atoms with Gasteiger partial charge in [-0.1, -0.05) is 13.8 Å². The molecule has 0 aliphatic heterocycles. The number of halogens is 1. The molecule has 14 heavy (non-hydrogen) atoms. The van der Waals surface area contributed by atoms with E-state index in [9.17, 15) is 0 Å². The van der Waals surface area contributed by atoms with Crippen LogP contribution in [-0.2, 0) is 0 Å². The average Bonchev–Trinajstić information content (AvgIpc) is 2.17. The van der Waals surface area contributed by atoms with Crippen LogP contribution >= 0.6 is 11.6 Å². The summed E-state index contributed by atoms with van der Waals surface area (Å²) in [5.74, 6) is 1.42. The topological polar surface area (TPSA) is 37.8 Å². The first-order valence-electron chi connectivity index (χ1n) is 4.64. The van der Waals surface area contributed by atoms with Crippen LogP contribution in [0.3, 0.4) is 0 Å². The minimum absolute atomic E-state index is 0.0775. The standard InChI is InChI=1S/C10H16ClN3/c1-8-4-5-9(14-13-8)12-7-10(2,3)6-11/h4-5H,6-7H2,1-3H3,(H,12,14). The van der Waals surface area contributed by atoms with E-state index in [4.69, 9.17) is 11.6 Å². The fourth-order valence-electron chi connectivity index (χ4n) is 0.870. The van der Waals surface area contributed by atoms with Gasteiger partial charge < -0.3 is 5.32 Å². The number of hydrogen-bond acceptors (Lipinski definition) is 3. The second-order valence-electron chi connectivity index (χ2n) is 4.21. The third-order valence-corrected chi connectivity index (χ3v) is 2.63. The van der Waals surface area contributed by atoms with Crippen molar-refractivity contribution in [1.29, 1.82) is 0 Å². The highest BCUT2D eigenvalue weighted by molar-refractivity contribution is 6.18. The molecule has 0 atom stereocenters. The summed E-state index contributed by atoms with van der Waals surface area (Å²) in [6.07, 6.45) is 0. The first-order valence-corrected chi connectivity index (χ1v) is 5.17. The van der Waals surface area contributed by atoms with Crippen molar-refractivity contribution in [3.05, 3.63) is 17.8 Å². The monoisotopic (exact) mass is 213 g/mol. The summed E-state index contributed by atoms with van der Waals surface area (Å²) < 4.78 is 0. The number of rotatable bonds is 4. The zero-order valence-corrected chi connectivity index (χ0v) is 9.60. The van der Waals surface area contributed by atoms with Gasteiger partial charge in [-0.25, -0.2) is 0 Å². The highest BCUT2D eigenvalue weighted by Crippen LogP contribution is 2.17. The van der Waals surface area contributed by atoms with Gasteiger partial charge in [-0.2, -0.15) is 5.10 Å². The van der Waals surface area contributed by atoms with Crippen LogP contribution in [0.25, 0.3) is 0 Å². The van der Waals surface area contributed by atoms with Crippen LogP contribution in [0.5, 0.6) is 0 Å². The van der Waals surface area contributed by atoms with Crippen molar-refractivity contribution < 1.29 is 0 Å². The summed E-state index contributed by atoms with van der Waals surface area (Å²) in [7, 11) is 0. The maximum absolute atomic E-state index is 5.81. The lowest BCUT2D eigenvalue weighted by Gasteiger charge is -2.21. The summed E-state index contributed by atoms with van der Waals surface area (Å²) in [5.41, 5.74) is 1.00. The first-order chi connectivity index (χ1) is 6.53. The number of nitrogens with zero attached hydrogens (tertiary/aromatic N) is 2. The van der Waals surface area contributed by atoms with Gasteiger partial charge in [-0.3, -0.25) is 0 Å². The summed E-state index contributed by atoms with van der Waals surface area (Å²) >= 11 is 5.81. The highest BCUT2D eigenvalue weighted by Gasteiger charge is 2.15. The van der Waals surface area contributed by atoms with Crippen molar-refractivity contribution in [3.63, 3.8) is 0 Å². The van der Waals surface area contributed by atoms with Gasteiger partial charge in [0.2, 0.25) is 0 Å². The number of aryl methyl sites for hydroxylation is 1. The van der Waals surface area contributed by atoms with E-state index in [1.165, 1.54) is 0 Å². The highest BCUT2D eigenvalue weighted by atomic mass is 35.5. The maximum Gasteiger partial charge on any atom is 0.148 e. The lowest BCUT2D eigenvalue weighted by molar-refractivity contribution is 0.449. The van der Waals surface area contributed by atoms with Gasteiger partial charge in [0, 0.05) is 12.4 Å². The average molecular weight is 214 g/mol. The van der Waals surface area contributed by atoms with E-state index in [1.54, 1.807) is 0 Å². The van der Waals surface area contributed by atoms with Crippen LogP contribution in [0.15, 0.2) is 12.1 Å². The summed E-state index contributed by atoms with van der Waals surface area (Å²) in [5, 5.41) is 11.2. The molecule has 0 aliphatic rings. The van der Waals surface area contributed by atoms with Crippen molar-refractivity contribution >= 4 is 17.4 Å². The molecular formula is C10H16ClN3. The molecule has 1 aromatic heterocycles. The van der Waals surface area contributed by atoms with E-state index in [0.717, 1.165) is 18.1 Å². The molecule has 0 radical (unpaired) electrons. The van der Waals surface area contributed by atoms with Gasteiger partial charge in [-0.15, -0.1) is 16.7 Å². The van der Waals surface area contributed by atoms with Crippen LogP contribution in [0.4, 0.5) is 5.82 Å². The van der Waals surface area contributed by atoms with Crippen LogP contribution in [0, 0.1) is 12.3 Å². The van der Waals surface area contributed by atoms with Gasteiger partial charge in [0.05, 0.1) is 5.69 Å². The Morgan fingerprint density at radius 3 is 2.57 bits per heavy atom. The van der Waals surface area contributed by atoms with Crippen molar-refractivity contribution in [2.24, 2.45) is 5.41 Å². The molecule has 0 fully saturated rings. The smallest absolute Gasteiger partial charge is 0.148 e. The molecule has 1 rings (SSSR count). The van der Waals surface area contributed by atoms with Crippen LogP contribution in [0.1, 0.15) is 19.5 Å². The Bertz CT molecular complexity index is 282. The molecule has 0 saturated heterocycles. The Kier molecular flexibility index (Phi) is 3.69. The molecule has 4 heteroatoms. The minimum atomic E-state index is 0.0775. The molecule has 0 bridgehead atoms. The fourth-order valence-corrected chi connectivity index (χ4v) is 0.965. The number of aromatic nitrogens is 2. The first kappa shape index (κ1) is 11.2. The molecule has 1 aromatic rings. The van der Waals surface area contributed by atoms with E-state index in [1.807, 2.05) is 19.1 Å². The van der Waals surface area contributed by atoms with Gasteiger partial charge in [0.15, 0.2) is 0 Å². The van der Waals surface area contributed by atoms with Gasteiger partial charge in [0.25, 0.3) is 0 Å². The number of hydrogen-bond donors (Lipinski definition) is 1. The predicted molar refractivity (Wildman–Crippen MR) is 59.8 cm³/mol. The van der Waals surface area contributed by atoms with E-state index < -0.39 is 0 Å². The van der Waals surface area contributed by atoms with Gasteiger partial charge >= 0.3 is 0 Å². The second-order valence-corrected chi connectivity index (χ2v) is 4.48. The largest absolute Gasteiger partial charge is 0.368 e. The van der Waals surface area contributed by atoms with E-state index in [2.05, 4.69) is 29.4 Å². The van der Waals surface area contributed by atoms with Crippen molar-refractivity contribution in [1.82, 2.24) is 10.2 Å². The zero-order chi connectivity index (χ0) is 10.6. The normalized spacial score (nSPS) is 11.4. The Labute approximate surface area is 89.9 Å². The van der Waals surface area contributed by atoms with E-state index >= 15 is 0 Å². The van der Waals surface area contributed by atoms with Crippen LogP contribution < -0.4 is 5.32 Å². The predicted octanol–water partition coefficient (Wildman–Crippen LogP) is 2.46. The molecule has 3 nitrogen and oxygen atoms in total. The Morgan fingerprint density at radius 1 is 1.36 bits per heavy atom. The molecule has 0 saturated carbocycles. The van der Waals surface area contributed by atoms with Crippen molar-refractivity contribution in [2.75, 3.05) is 17.7 Å². The SMILES string of the molecule is Cc1ccc(NCC(C)(C)CCl)nn1. The molecule has 1 N–H and O–H groups in total. The number of anilines is 1. The number of alkyl halides is 1. The van der Waals surface area contributed by atoms with Gasteiger partial charge in [-0.05, 0) is 24.5 Å². The molecule has 0 amide bonds. The second kappa shape index (κ2) is 4.60. The van der Waals surface area contributed by atoms with E-state index in [0.29, 0.717) is 5.88 Å². The van der Waals surface area contributed by atoms with Gasteiger partial charge in [0.1, 0.15) is 5.82 Å². The summed E-state index contributed by atoms with van der Waals surface area (Å²) in [4.78, 5) is 0. The number of nitrogens with one attached hydrogen (secondary N) is 1. The molecule has 78 valence electrons. The molecular weight excluding hydrogens is 198 g/mol. The fraction of sp³-hybridized carbons (Fsp3) is 0.600. The molecule has 0 spiro atoms. The molecule has 0 aromatic carbocycles. The third kappa shape index (κ3) is 3.50. The minimum Gasteiger partial charge on any atom is -0.368 e. The molecule has 1 heterocycles.